The van der Waals surface area contributed by atoms with E-state index in [1.165, 1.54) is 0 Å². The summed E-state index contributed by atoms with van der Waals surface area (Å²) < 4.78 is 6.86. The van der Waals surface area contributed by atoms with Crippen molar-refractivity contribution in [3.05, 3.63) is 5.82 Å². The molecule has 7 nitrogen and oxygen atoms in total. The van der Waals surface area contributed by atoms with Crippen LogP contribution >= 0.6 is 0 Å². The van der Waals surface area contributed by atoms with Gasteiger partial charge >= 0.3 is 0 Å². The van der Waals surface area contributed by atoms with Crippen molar-refractivity contribution in [3.8, 4) is 0 Å². The molecule has 1 saturated heterocycles. The highest BCUT2D eigenvalue weighted by Gasteiger charge is 2.22. The molecule has 0 saturated carbocycles. The van der Waals surface area contributed by atoms with Gasteiger partial charge in [0.25, 0.3) is 0 Å². The highest BCUT2D eigenvalue weighted by atomic mass is 16.5. The van der Waals surface area contributed by atoms with Crippen LogP contribution in [0.15, 0.2) is 0 Å². The third-order valence-corrected chi connectivity index (χ3v) is 2.58. The number of rotatable bonds is 4. The van der Waals surface area contributed by atoms with Gasteiger partial charge < -0.3 is 10.1 Å². The summed E-state index contributed by atoms with van der Waals surface area (Å²) >= 11 is 0. The first kappa shape index (κ1) is 11.0. The zero-order valence-corrected chi connectivity index (χ0v) is 9.22. The molecule has 0 aliphatic carbocycles. The fraction of sp³-hybridized carbons (Fsp3) is 0.778. The van der Waals surface area contributed by atoms with E-state index in [2.05, 4.69) is 20.8 Å². The molecule has 1 N–H and O–H groups in total. The molecule has 16 heavy (non-hydrogen) atoms. The Hall–Kier alpha value is -1.50. The van der Waals surface area contributed by atoms with Gasteiger partial charge in [-0.25, -0.2) is 4.68 Å². The van der Waals surface area contributed by atoms with Gasteiger partial charge in [-0.05, 0) is 23.3 Å². The summed E-state index contributed by atoms with van der Waals surface area (Å²) in [7, 11) is 1.78. The predicted molar refractivity (Wildman–Crippen MR) is 54.5 cm³/mol. The van der Waals surface area contributed by atoms with Gasteiger partial charge in [-0.2, -0.15) is 0 Å². The normalized spacial score (nSPS) is 19.9. The molecule has 1 atom stereocenters. The summed E-state index contributed by atoms with van der Waals surface area (Å²) in [5, 5.41) is 13.9. The van der Waals surface area contributed by atoms with Crippen LogP contribution in [0.5, 0.6) is 0 Å². The molecule has 2 rings (SSSR count). The van der Waals surface area contributed by atoms with Crippen molar-refractivity contribution in [1.82, 2.24) is 25.5 Å². The minimum atomic E-state index is -0.266. The Labute approximate surface area is 93.2 Å². The first-order valence-electron chi connectivity index (χ1n) is 5.38. The second-order valence-electron chi connectivity index (χ2n) is 3.76. The summed E-state index contributed by atoms with van der Waals surface area (Å²) in [5.41, 5.74) is 0. The summed E-state index contributed by atoms with van der Waals surface area (Å²) in [6.45, 7) is 1.22. The van der Waals surface area contributed by atoms with Crippen LogP contribution in [-0.4, -0.2) is 45.4 Å². The molecule has 0 spiro atoms. The maximum Gasteiger partial charge on any atom is 0.249 e. The lowest BCUT2D eigenvalue weighted by Gasteiger charge is -2.09. The van der Waals surface area contributed by atoms with Crippen molar-refractivity contribution in [2.45, 2.75) is 25.4 Å². The minimum Gasteiger partial charge on any atom is -0.368 e. The van der Waals surface area contributed by atoms with E-state index in [-0.39, 0.29) is 12.0 Å². The molecule has 0 aromatic carbocycles. The van der Waals surface area contributed by atoms with E-state index in [0.29, 0.717) is 19.6 Å². The summed E-state index contributed by atoms with van der Waals surface area (Å²) in [6.07, 6.45) is 2.14. The molecule has 0 bridgehead atoms. The van der Waals surface area contributed by atoms with Crippen LogP contribution < -0.4 is 5.32 Å². The molecule has 88 valence electrons. The van der Waals surface area contributed by atoms with Crippen molar-refractivity contribution in [2.75, 3.05) is 13.2 Å². The van der Waals surface area contributed by atoms with Gasteiger partial charge in [0, 0.05) is 26.6 Å². The molecular formula is C9H15N5O2. The Balaban J connectivity index is 1.71. The lowest BCUT2D eigenvalue weighted by molar-refractivity contribution is -0.130. The second kappa shape index (κ2) is 5.02. The average Bonchev–Trinajstić information content (AvgIpc) is 2.90. The molecule has 1 aromatic rings. The van der Waals surface area contributed by atoms with Crippen LogP contribution in [0, 0.1) is 0 Å². The summed E-state index contributed by atoms with van der Waals surface area (Å²) in [5.74, 6) is 0.722. The zero-order chi connectivity index (χ0) is 11.4. The molecule has 1 unspecified atom stereocenters. The second-order valence-corrected chi connectivity index (χ2v) is 3.76. The molecule has 2 heterocycles. The highest BCUT2D eigenvalue weighted by molar-refractivity contribution is 5.80. The third-order valence-electron chi connectivity index (χ3n) is 2.58. The largest absolute Gasteiger partial charge is 0.368 e. The quantitative estimate of drug-likeness (QED) is 0.714. The number of nitrogens with zero attached hydrogens (tertiary/aromatic N) is 4. The van der Waals surface area contributed by atoms with E-state index in [1.807, 2.05) is 0 Å². The average molecular weight is 225 g/mol. The Bertz CT molecular complexity index is 359. The van der Waals surface area contributed by atoms with Gasteiger partial charge in [0.1, 0.15) is 6.10 Å². The van der Waals surface area contributed by atoms with Crippen molar-refractivity contribution in [2.24, 2.45) is 7.05 Å². The third kappa shape index (κ3) is 2.54. The fourth-order valence-electron chi connectivity index (χ4n) is 1.66. The van der Waals surface area contributed by atoms with E-state index in [1.54, 1.807) is 11.7 Å². The molecule has 1 fully saturated rings. The molecule has 7 heteroatoms. The number of aryl methyl sites for hydroxylation is 1. The van der Waals surface area contributed by atoms with Gasteiger partial charge in [-0.1, -0.05) is 0 Å². The monoisotopic (exact) mass is 225 g/mol. The zero-order valence-electron chi connectivity index (χ0n) is 9.22. The van der Waals surface area contributed by atoms with E-state index in [0.717, 1.165) is 18.7 Å². The molecular weight excluding hydrogens is 210 g/mol. The highest BCUT2D eigenvalue weighted by Crippen LogP contribution is 2.11. The Morgan fingerprint density at radius 2 is 2.56 bits per heavy atom. The SMILES string of the molecule is Cn1nnnc1CCNC(=O)C1CCCO1. The molecule has 1 aliphatic heterocycles. The lowest BCUT2D eigenvalue weighted by Crippen LogP contribution is -2.35. The van der Waals surface area contributed by atoms with Crippen LogP contribution in [-0.2, 0) is 23.0 Å². The summed E-state index contributed by atoms with van der Waals surface area (Å²) in [6, 6.07) is 0. The Morgan fingerprint density at radius 1 is 1.69 bits per heavy atom. The predicted octanol–water partition coefficient (Wildman–Crippen LogP) is -0.952. The first-order chi connectivity index (χ1) is 7.77. The fourth-order valence-corrected chi connectivity index (χ4v) is 1.66. The van der Waals surface area contributed by atoms with Gasteiger partial charge in [0.05, 0.1) is 0 Å². The number of tetrazole rings is 1. The van der Waals surface area contributed by atoms with Crippen LogP contribution in [0.1, 0.15) is 18.7 Å². The van der Waals surface area contributed by atoms with Crippen LogP contribution in [0.25, 0.3) is 0 Å². The number of hydrogen-bond donors (Lipinski definition) is 1. The molecule has 0 radical (unpaired) electrons. The topological polar surface area (TPSA) is 81.9 Å². The van der Waals surface area contributed by atoms with Crippen molar-refractivity contribution in [3.63, 3.8) is 0 Å². The first-order valence-corrected chi connectivity index (χ1v) is 5.38. The minimum absolute atomic E-state index is 0.0346. The Morgan fingerprint density at radius 3 is 3.19 bits per heavy atom. The van der Waals surface area contributed by atoms with Gasteiger partial charge in [-0.3, -0.25) is 4.79 Å². The number of carbonyl (C=O) groups excluding carboxylic acids is 1. The van der Waals surface area contributed by atoms with Gasteiger partial charge in [0.2, 0.25) is 5.91 Å². The van der Waals surface area contributed by atoms with E-state index in [4.69, 9.17) is 4.74 Å². The molecule has 1 aliphatic rings. The van der Waals surface area contributed by atoms with Crippen LogP contribution in [0.4, 0.5) is 0 Å². The van der Waals surface area contributed by atoms with E-state index >= 15 is 0 Å². The smallest absolute Gasteiger partial charge is 0.249 e. The lowest BCUT2D eigenvalue weighted by atomic mass is 10.2. The van der Waals surface area contributed by atoms with Gasteiger partial charge in [0.15, 0.2) is 5.82 Å². The number of ether oxygens (including phenoxy) is 1. The Kier molecular flexibility index (Phi) is 3.45. The van der Waals surface area contributed by atoms with Crippen molar-refractivity contribution >= 4 is 5.91 Å². The van der Waals surface area contributed by atoms with Crippen LogP contribution in [0.2, 0.25) is 0 Å². The number of amides is 1. The van der Waals surface area contributed by atoms with Gasteiger partial charge in [-0.15, -0.1) is 5.10 Å². The van der Waals surface area contributed by atoms with E-state index < -0.39 is 0 Å². The number of hydrogen-bond acceptors (Lipinski definition) is 5. The van der Waals surface area contributed by atoms with Crippen LogP contribution in [0.3, 0.4) is 0 Å². The number of aromatic nitrogens is 4. The molecule has 1 amide bonds. The molecule has 1 aromatic heterocycles. The number of carbonyl (C=O) groups is 1. The standard InChI is InChI=1S/C9H15N5O2/c1-14-8(11-12-13-14)4-5-10-9(15)7-3-2-6-16-7/h7H,2-6H2,1H3,(H,10,15). The maximum absolute atomic E-state index is 11.6. The number of nitrogens with one attached hydrogen (secondary N) is 1. The van der Waals surface area contributed by atoms with Crippen molar-refractivity contribution < 1.29 is 9.53 Å². The summed E-state index contributed by atoms with van der Waals surface area (Å²) in [4.78, 5) is 11.6. The van der Waals surface area contributed by atoms with Crippen molar-refractivity contribution in [1.29, 1.82) is 0 Å². The maximum atomic E-state index is 11.6. The van der Waals surface area contributed by atoms with E-state index in [9.17, 15) is 4.79 Å².